The quantitative estimate of drug-likeness (QED) is 0.252. The second kappa shape index (κ2) is 14.9. The molecule has 0 aliphatic rings. The average molecular weight is 604 g/mol. The summed E-state index contributed by atoms with van der Waals surface area (Å²) in [6.07, 6.45) is 4.41. The van der Waals surface area contributed by atoms with Crippen LogP contribution in [0.4, 0.5) is 4.39 Å². The average Bonchev–Trinajstić information content (AvgIpc) is 3.60. The van der Waals surface area contributed by atoms with Crippen molar-refractivity contribution in [3.8, 4) is 10.8 Å². The molecule has 1 amide bonds. The lowest BCUT2D eigenvalue weighted by molar-refractivity contribution is -0.124. The molecule has 0 aliphatic carbocycles. The second-order valence-corrected chi connectivity index (χ2v) is 10.9. The number of rotatable bonds is 11. The van der Waals surface area contributed by atoms with Crippen molar-refractivity contribution in [2.45, 2.75) is 59.2 Å². The summed E-state index contributed by atoms with van der Waals surface area (Å²) in [4.78, 5) is 40.6. The number of ether oxygens (including phenoxy) is 2. The molecule has 13 heteroatoms. The fourth-order valence-corrected chi connectivity index (χ4v) is 5.67. The number of aromatic nitrogens is 4. The van der Waals surface area contributed by atoms with E-state index in [1.807, 2.05) is 0 Å². The molecule has 0 saturated carbocycles. The normalized spacial score (nSPS) is 11.8. The van der Waals surface area contributed by atoms with Crippen molar-refractivity contribution in [3.05, 3.63) is 74.4 Å². The number of aliphatic hydroxyl groups is 1. The van der Waals surface area contributed by atoms with Gasteiger partial charge in [0.15, 0.2) is 0 Å². The van der Waals surface area contributed by atoms with Crippen LogP contribution in [-0.4, -0.2) is 63.4 Å². The van der Waals surface area contributed by atoms with Gasteiger partial charge in [-0.1, -0.05) is 11.3 Å². The van der Waals surface area contributed by atoms with E-state index in [-0.39, 0.29) is 25.6 Å². The highest BCUT2D eigenvalue weighted by atomic mass is 32.1. The summed E-state index contributed by atoms with van der Waals surface area (Å²) in [5.74, 6) is -0.347. The molecule has 228 valence electrons. The lowest BCUT2D eigenvalue weighted by Crippen LogP contribution is -2.47. The number of aliphatic hydroxyl groups excluding tert-OH is 1. The molecule has 0 bridgehead atoms. The molecule has 1 atom stereocenters. The van der Waals surface area contributed by atoms with Gasteiger partial charge in [0.1, 0.15) is 27.4 Å². The lowest BCUT2D eigenvalue weighted by Gasteiger charge is -2.19. The van der Waals surface area contributed by atoms with Gasteiger partial charge in [-0.3, -0.25) is 14.2 Å². The fraction of sp³-hybridized carbons (Fsp3) is 0.448. The molecule has 0 saturated heterocycles. The summed E-state index contributed by atoms with van der Waals surface area (Å²) in [5.41, 5.74) is 0.100. The van der Waals surface area contributed by atoms with Gasteiger partial charge >= 0.3 is 5.69 Å². The number of amides is 1. The van der Waals surface area contributed by atoms with Gasteiger partial charge in [-0.15, -0.1) is 0 Å². The minimum Gasteiger partial charge on any atom is -0.496 e. The Labute approximate surface area is 247 Å². The van der Waals surface area contributed by atoms with Gasteiger partial charge < -0.3 is 19.9 Å². The van der Waals surface area contributed by atoms with Crippen molar-refractivity contribution in [3.63, 3.8) is 0 Å². The number of benzene rings is 1. The Bertz CT molecular complexity index is 1610. The van der Waals surface area contributed by atoms with E-state index in [1.165, 1.54) is 48.1 Å². The summed E-state index contributed by atoms with van der Waals surface area (Å²) < 4.78 is 28.0. The molecule has 1 aromatic carbocycles. The minimum atomic E-state index is -1.03. The van der Waals surface area contributed by atoms with Crippen molar-refractivity contribution in [2.75, 3.05) is 27.4 Å². The number of methoxy groups -OCH3 is 2. The Kier molecular flexibility index (Phi) is 11.6. The Morgan fingerprint density at radius 3 is 2.52 bits per heavy atom. The van der Waals surface area contributed by atoms with Crippen LogP contribution < -0.4 is 21.3 Å². The molecule has 42 heavy (non-hydrogen) atoms. The SMILES string of the molecule is COCCCO.COc1ccc(F)cc1CCn1c(=O)n(C(C)C(=O)NC(C)C)c(=O)c2c(C)c(-n3cccn3)sc21. The molecule has 4 rings (SSSR count). The Morgan fingerprint density at radius 1 is 1.21 bits per heavy atom. The number of fused-ring (bicyclic) bond motifs is 1. The highest BCUT2D eigenvalue weighted by molar-refractivity contribution is 7.21. The van der Waals surface area contributed by atoms with E-state index in [9.17, 15) is 18.8 Å². The predicted octanol–water partition coefficient (Wildman–Crippen LogP) is 3.21. The van der Waals surface area contributed by atoms with E-state index in [1.54, 1.807) is 51.0 Å². The highest BCUT2D eigenvalue weighted by Gasteiger charge is 2.26. The zero-order valence-electron chi connectivity index (χ0n) is 24.7. The van der Waals surface area contributed by atoms with Gasteiger partial charge in [-0.05, 0) is 70.4 Å². The first-order chi connectivity index (χ1) is 20.0. The zero-order valence-corrected chi connectivity index (χ0v) is 25.5. The number of thiophene rings is 1. The molecule has 0 aliphatic heterocycles. The van der Waals surface area contributed by atoms with Crippen LogP contribution in [-0.2, 0) is 22.5 Å². The van der Waals surface area contributed by atoms with Gasteiger partial charge in [0, 0.05) is 50.9 Å². The van der Waals surface area contributed by atoms with Crippen LogP contribution in [0.2, 0.25) is 0 Å². The molecular formula is C29H38FN5O6S. The van der Waals surface area contributed by atoms with Crippen LogP contribution in [0.5, 0.6) is 5.75 Å². The summed E-state index contributed by atoms with van der Waals surface area (Å²) in [7, 11) is 3.12. The third kappa shape index (κ3) is 7.33. The predicted molar refractivity (Wildman–Crippen MR) is 160 cm³/mol. The van der Waals surface area contributed by atoms with Crippen LogP contribution in [0.3, 0.4) is 0 Å². The van der Waals surface area contributed by atoms with Crippen molar-refractivity contribution < 1.29 is 23.8 Å². The van der Waals surface area contributed by atoms with Crippen molar-refractivity contribution >= 4 is 27.5 Å². The van der Waals surface area contributed by atoms with Gasteiger partial charge in [0.2, 0.25) is 5.91 Å². The van der Waals surface area contributed by atoms with Gasteiger partial charge in [-0.2, -0.15) is 5.10 Å². The largest absolute Gasteiger partial charge is 0.496 e. The summed E-state index contributed by atoms with van der Waals surface area (Å²) in [5, 5.41) is 16.2. The van der Waals surface area contributed by atoms with E-state index >= 15 is 0 Å². The number of carbonyl (C=O) groups is 1. The number of aryl methyl sites for hydroxylation is 3. The second-order valence-electron chi connectivity index (χ2n) is 9.89. The van der Waals surface area contributed by atoms with Crippen molar-refractivity contribution in [2.24, 2.45) is 0 Å². The molecule has 0 radical (unpaired) electrons. The number of nitrogens with one attached hydrogen (secondary N) is 1. The standard InChI is InChI=1S/C25H28FN5O4S.C4H10O2/c1-14(2)28-21(32)16(4)31-22(33)20-15(3)23(30-11-6-10-27-30)36-24(20)29(25(31)34)12-9-17-13-18(26)7-8-19(17)35-5;1-6-4-2-3-5/h6-8,10-11,13-14,16H,9,12H2,1-5H3,(H,28,32);5H,2-4H2,1H3. The summed E-state index contributed by atoms with van der Waals surface area (Å²) in [6, 6.07) is 4.79. The number of nitrogens with zero attached hydrogens (tertiary/aromatic N) is 4. The Morgan fingerprint density at radius 2 is 1.95 bits per heavy atom. The molecule has 11 nitrogen and oxygen atoms in total. The fourth-order valence-electron chi connectivity index (χ4n) is 4.40. The molecule has 2 N–H and O–H groups in total. The van der Waals surface area contributed by atoms with E-state index in [0.717, 1.165) is 11.0 Å². The van der Waals surface area contributed by atoms with Crippen LogP contribution in [0.25, 0.3) is 15.2 Å². The van der Waals surface area contributed by atoms with Crippen LogP contribution in [0, 0.1) is 12.7 Å². The van der Waals surface area contributed by atoms with Crippen LogP contribution in [0.15, 0.2) is 46.2 Å². The molecule has 4 aromatic rings. The minimum absolute atomic E-state index is 0.145. The summed E-state index contributed by atoms with van der Waals surface area (Å²) >= 11 is 1.27. The lowest BCUT2D eigenvalue weighted by atomic mass is 10.1. The number of hydrogen-bond donors (Lipinski definition) is 2. The van der Waals surface area contributed by atoms with Crippen molar-refractivity contribution in [1.29, 1.82) is 0 Å². The Balaban J connectivity index is 0.000000730. The molecule has 1 unspecified atom stereocenters. The first-order valence-corrected chi connectivity index (χ1v) is 14.4. The van der Waals surface area contributed by atoms with E-state index in [2.05, 4.69) is 15.2 Å². The third-order valence-corrected chi connectivity index (χ3v) is 7.79. The third-order valence-electron chi connectivity index (χ3n) is 6.48. The van der Waals surface area contributed by atoms with E-state index in [4.69, 9.17) is 9.84 Å². The molecular weight excluding hydrogens is 565 g/mol. The zero-order chi connectivity index (χ0) is 31.0. The Hall–Kier alpha value is -3.81. The smallest absolute Gasteiger partial charge is 0.332 e. The topological polar surface area (TPSA) is 130 Å². The number of hydrogen-bond acceptors (Lipinski definition) is 8. The first kappa shape index (κ1) is 32.7. The maximum absolute atomic E-state index is 13.9. The van der Waals surface area contributed by atoms with Gasteiger partial charge in [-0.25, -0.2) is 18.4 Å². The summed E-state index contributed by atoms with van der Waals surface area (Å²) in [6.45, 7) is 7.98. The monoisotopic (exact) mass is 603 g/mol. The number of halogens is 1. The maximum atomic E-state index is 13.9. The maximum Gasteiger partial charge on any atom is 0.332 e. The van der Waals surface area contributed by atoms with Crippen LogP contribution in [0.1, 0.15) is 44.4 Å². The van der Waals surface area contributed by atoms with E-state index < -0.39 is 29.0 Å². The molecule has 3 heterocycles. The highest BCUT2D eigenvalue weighted by Crippen LogP contribution is 2.31. The first-order valence-electron chi connectivity index (χ1n) is 13.6. The van der Waals surface area contributed by atoms with E-state index in [0.29, 0.717) is 38.7 Å². The van der Waals surface area contributed by atoms with Crippen LogP contribution >= 0.6 is 11.3 Å². The number of carbonyl (C=O) groups excluding carboxylic acids is 1. The van der Waals surface area contributed by atoms with Gasteiger partial charge in [0.25, 0.3) is 5.56 Å². The molecule has 3 aromatic heterocycles. The van der Waals surface area contributed by atoms with Gasteiger partial charge in [0.05, 0.1) is 12.5 Å². The molecule has 0 spiro atoms. The van der Waals surface area contributed by atoms with Crippen molar-refractivity contribution in [1.82, 2.24) is 24.2 Å². The molecule has 0 fully saturated rings.